The summed E-state index contributed by atoms with van der Waals surface area (Å²) in [5.41, 5.74) is 1.19. The predicted molar refractivity (Wildman–Crippen MR) is 55.7 cm³/mol. The quantitative estimate of drug-likeness (QED) is 0.731. The minimum absolute atomic E-state index is 0.0392. The van der Waals surface area contributed by atoms with Crippen LogP contribution < -0.4 is 0 Å². The van der Waals surface area contributed by atoms with Crippen molar-refractivity contribution in [3.05, 3.63) is 24.2 Å². The maximum Gasteiger partial charge on any atom is 0.176 e. The van der Waals surface area contributed by atoms with Crippen LogP contribution in [0.1, 0.15) is 25.0 Å². The molecule has 0 amide bonds. The molecule has 2 aliphatic carbocycles. The molecule has 6 nitrogen and oxygen atoms in total. The summed E-state index contributed by atoms with van der Waals surface area (Å²) in [6.45, 7) is 0. The fraction of sp³-hybridized carbons (Fsp3) is 0.455. The van der Waals surface area contributed by atoms with Crippen LogP contribution in [0.5, 0.6) is 0 Å². The van der Waals surface area contributed by atoms with Gasteiger partial charge in [-0.3, -0.25) is 0 Å². The lowest BCUT2D eigenvalue weighted by Gasteiger charge is -2.19. The van der Waals surface area contributed by atoms with Crippen molar-refractivity contribution in [2.45, 2.75) is 24.7 Å². The van der Waals surface area contributed by atoms with E-state index in [0.29, 0.717) is 17.3 Å². The Labute approximate surface area is 96.6 Å². The Morgan fingerprint density at radius 1 is 1.29 bits per heavy atom. The van der Waals surface area contributed by atoms with Crippen LogP contribution >= 0.6 is 0 Å². The largest absolute Gasteiger partial charge is 0.345 e. The van der Waals surface area contributed by atoms with Gasteiger partial charge in [0.25, 0.3) is 0 Å². The smallest absolute Gasteiger partial charge is 0.176 e. The lowest BCUT2D eigenvalue weighted by Crippen LogP contribution is -2.17. The molecule has 2 aliphatic rings. The summed E-state index contributed by atoms with van der Waals surface area (Å²) >= 11 is 0. The molecule has 86 valence electrons. The molecule has 0 aromatic carbocycles. The highest BCUT2D eigenvalue weighted by atomic mass is 16.5. The van der Waals surface area contributed by atoms with Gasteiger partial charge in [-0.25, -0.2) is 0 Å². The monoisotopic (exact) mass is 230 g/mol. The Kier molecular flexibility index (Phi) is 1.62. The first-order valence-electron chi connectivity index (χ1n) is 5.67. The molecular weight excluding hydrogens is 220 g/mol. The molecule has 0 N–H and O–H groups in total. The van der Waals surface area contributed by atoms with Crippen molar-refractivity contribution in [3.63, 3.8) is 0 Å². The number of fused-ring (bicyclic) bond motifs is 2. The predicted octanol–water partition coefficient (Wildman–Crippen LogP) is 1.73. The molecule has 0 saturated heterocycles. The summed E-state index contributed by atoms with van der Waals surface area (Å²) in [6.07, 6.45) is 9.32. The van der Waals surface area contributed by atoms with Crippen molar-refractivity contribution in [1.29, 1.82) is 0 Å². The van der Waals surface area contributed by atoms with Crippen LogP contribution in [0.15, 0.2) is 27.5 Å². The van der Waals surface area contributed by atoms with Gasteiger partial charge in [0.2, 0.25) is 0 Å². The molecule has 2 aromatic rings. The summed E-state index contributed by atoms with van der Waals surface area (Å²) in [6, 6.07) is 0. The molecule has 6 heteroatoms. The van der Waals surface area contributed by atoms with Gasteiger partial charge in [0, 0.05) is 10.5 Å². The molecule has 1 saturated carbocycles. The van der Waals surface area contributed by atoms with Gasteiger partial charge in [-0.15, -0.1) is 10.2 Å². The molecule has 2 aromatic heterocycles. The van der Waals surface area contributed by atoms with E-state index in [-0.39, 0.29) is 5.41 Å². The first-order valence-corrected chi connectivity index (χ1v) is 5.67. The lowest BCUT2D eigenvalue weighted by atomic mass is 9.83. The van der Waals surface area contributed by atoms with E-state index in [1.54, 1.807) is 0 Å². The van der Waals surface area contributed by atoms with Gasteiger partial charge in [-0.05, 0) is 25.2 Å². The second-order valence-electron chi connectivity index (χ2n) is 4.76. The minimum atomic E-state index is -0.0392. The molecular formula is C11H10N4O2. The van der Waals surface area contributed by atoms with E-state index in [0.717, 1.165) is 18.6 Å². The van der Waals surface area contributed by atoms with E-state index in [1.807, 2.05) is 0 Å². The number of allylic oxidation sites excluding steroid dienone is 2. The highest BCUT2D eigenvalue weighted by Gasteiger charge is 2.47. The Hall–Kier alpha value is -1.98. The number of aromatic nitrogens is 4. The van der Waals surface area contributed by atoms with Crippen molar-refractivity contribution in [2.24, 2.45) is 5.92 Å². The lowest BCUT2D eigenvalue weighted by molar-refractivity contribution is 0.315. The van der Waals surface area contributed by atoms with Gasteiger partial charge >= 0.3 is 0 Å². The van der Waals surface area contributed by atoms with E-state index in [9.17, 15) is 0 Å². The number of nitrogens with zero attached hydrogens (tertiary/aromatic N) is 4. The van der Waals surface area contributed by atoms with Crippen LogP contribution in [-0.2, 0) is 5.41 Å². The third kappa shape index (κ3) is 1.15. The second-order valence-corrected chi connectivity index (χ2v) is 4.76. The van der Waals surface area contributed by atoms with Crippen molar-refractivity contribution in [1.82, 2.24) is 20.7 Å². The van der Waals surface area contributed by atoms with E-state index in [1.165, 1.54) is 12.7 Å². The van der Waals surface area contributed by atoms with Crippen LogP contribution in [0.3, 0.4) is 0 Å². The van der Waals surface area contributed by atoms with Crippen molar-refractivity contribution < 1.29 is 9.05 Å². The van der Waals surface area contributed by atoms with Gasteiger partial charge in [-0.1, -0.05) is 12.2 Å². The van der Waals surface area contributed by atoms with E-state index >= 15 is 0 Å². The SMILES string of the molecule is C1=CC2(c3onnc3-c3conn3)CCC1C2. The van der Waals surface area contributed by atoms with Crippen molar-refractivity contribution in [3.8, 4) is 11.4 Å². The third-order valence-corrected chi connectivity index (χ3v) is 3.82. The van der Waals surface area contributed by atoms with Gasteiger partial charge in [0.05, 0.1) is 5.41 Å². The first kappa shape index (κ1) is 9.09. The normalized spacial score (nSPS) is 30.2. The van der Waals surface area contributed by atoms with Gasteiger partial charge in [-0.2, -0.15) is 0 Å². The fourth-order valence-electron chi connectivity index (χ4n) is 2.99. The maximum atomic E-state index is 5.37. The fourth-order valence-corrected chi connectivity index (χ4v) is 2.99. The Morgan fingerprint density at radius 3 is 2.94 bits per heavy atom. The summed E-state index contributed by atoms with van der Waals surface area (Å²) in [4.78, 5) is 0. The van der Waals surface area contributed by atoms with Crippen LogP contribution in [-0.4, -0.2) is 20.7 Å². The Balaban J connectivity index is 1.85. The second kappa shape index (κ2) is 3.03. The summed E-state index contributed by atoms with van der Waals surface area (Å²) in [5, 5.41) is 15.0. The maximum absolute atomic E-state index is 5.37. The average molecular weight is 230 g/mol. The molecule has 2 bridgehead atoms. The van der Waals surface area contributed by atoms with Crippen LogP contribution in [0.2, 0.25) is 0 Å². The topological polar surface area (TPSA) is 77.8 Å². The molecule has 0 radical (unpaired) electrons. The number of hydrogen-bond donors (Lipinski definition) is 0. The van der Waals surface area contributed by atoms with Crippen LogP contribution in [0.4, 0.5) is 0 Å². The van der Waals surface area contributed by atoms with Crippen LogP contribution in [0, 0.1) is 5.92 Å². The standard InChI is InChI=1S/C11H10N4O2/c1-3-11(4-2-7(1)5-11)10-9(13-15-17-10)8-6-16-14-12-8/h1,3,6-7H,2,4-5H2. The molecule has 2 atom stereocenters. The molecule has 0 spiro atoms. The van der Waals surface area contributed by atoms with Gasteiger partial charge < -0.3 is 9.05 Å². The minimum Gasteiger partial charge on any atom is -0.345 e. The number of hydrogen-bond acceptors (Lipinski definition) is 6. The Morgan fingerprint density at radius 2 is 2.29 bits per heavy atom. The molecule has 17 heavy (non-hydrogen) atoms. The zero-order valence-electron chi connectivity index (χ0n) is 9.04. The molecule has 1 fully saturated rings. The van der Waals surface area contributed by atoms with E-state index in [2.05, 4.69) is 32.9 Å². The molecule has 2 unspecified atom stereocenters. The molecule has 2 heterocycles. The van der Waals surface area contributed by atoms with Crippen molar-refractivity contribution >= 4 is 0 Å². The van der Waals surface area contributed by atoms with E-state index < -0.39 is 0 Å². The van der Waals surface area contributed by atoms with Gasteiger partial charge in [0.1, 0.15) is 0 Å². The number of rotatable bonds is 2. The van der Waals surface area contributed by atoms with E-state index in [4.69, 9.17) is 9.05 Å². The first-order chi connectivity index (χ1) is 8.37. The summed E-state index contributed by atoms with van der Waals surface area (Å²) < 4.78 is 10.1. The zero-order chi connectivity index (χ0) is 11.3. The highest BCUT2D eigenvalue weighted by Crippen LogP contribution is 2.52. The highest BCUT2D eigenvalue weighted by molar-refractivity contribution is 5.57. The van der Waals surface area contributed by atoms with Crippen LogP contribution in [0.25, 0.3) is 11.4 Å². The zero-order valence-corrected chi connectivity index (χ0v) is 9.04. The Bertz CT molecular complexity index is 574. The molecule has 0 aliphatic heterocycles. The van der Waals surface area contributed by atoms with Crippen molar-refractivity contribution in [2.75, 3.05) is 0 Å². The summed E-state index contributed by atoms with van der Waals surface area (Å²) in [7, 11) is 0. The average Bonchev–Trinajstić information content (AvgIpc) is 3.13. The summed E-state index contributed by atoms with van der Waals surface area (Å²) in [5.74, 6) is 1.47. The molecule has 4 rings (SSSR count). The third-order valence-electron chi connectivity index (χ3n) is 3.82. The van der Waals surface area contributed by atoms with Gasteiger partial charge in [0.15, 0.2) is 23.4 Å².